The molecule has 4 nitrogen and oxygen atoms in total. The fourth-order valence-corrected chi connectivity index (χ4v) is 3.24. The van der Waals surface area contributed by atoms with Crippen LogP contribution in [0.25, 0.3) is 0 Å². The number of amides is 1. The van der Waals surface area contributed by atoms with Crippen molar-refractivity contribution in [3.63, 3.8) is 0 Å². The molecule has 0 saturated carbocycles. The Kier molecular flexibility index (Phi) is 4.75. The van der Waals surface area contributed by atoms with Crippen molar-refractivity contribution in [2.75, 3.05) is 18.5 Å². The molecule has 1 aliphatic heterocycles. The zero-order valence-electron chi connectivity index (χ0n) is 12.5. The first-order valence-electron chi connectivity index (χ1n) is 7.42. The molecular formula is C17H19NO3S. The number of aryl methyl sites for hydroxylation is 1. The van der Waals surface area contributed by atoms with Gasteiger partial charge in [-0.3, -0.25) is 4.79 Å². The quantitative estimate of drug-likeness (QED) is 0.910. The lowest BCUT2D eigenvalue weighted by Crippen LogP contribution is -2.16. The van der Waals surface area contributed by atoms with Crippen LogP contribution in [0.2, 0.25) is 0 Å². The van der Waals surface area contributed by atoms with Crippen molar-refractivity contribution >= 4 is 22.9 Å². The molecule has 1 aromatic heterocycles. The lowest BCUT2D eigenvalue weighted by atomic mass is 10.2. The highest BCUT2D eigenvalue weighted by Gasteiger charge is 2.16. The van der Waals surface area contributed by atoms with E-state index in [0.29, 0.717) is 6.61 Å². The van der Waals surface area contributed by atoms with Crippen LogP contribution >= 0.6 is 11.3 Å². The number of anilines is 1. The Bertz CT molecular complexity index is 647. The Morgan fingerprint density at radius 1 is 1.45 bits per heavy atom. The van der Waals surface area contributed by atoms with Crippen molar-refractivity contribution < 1.29 is 14.3 Å². The maximum Gasteiger partial charge on any atom is 0.265 e. The summed E-state index contributed by atoms with van der Waals surface area (Å²) in [5.74, 6) is 0.667. The summed E-state index contributed by atoms with van der Waals surface area (Å²) in [5.41, 5.74) is 1.73. The minimum absolute atomic E-state index is 0.0798. The summed E-state index contributed by atoms with van der Waals surface area (Å²) in [5, 5.41) is 4.84. The van der Waals surface area contributed by atoms with Gasteiger partial charge in [0.05, 0.1) is 11.0 Å². The van der Waals surface area contributed by atoms with E-state index in [-0.39, 0.29) is 12.0 Å². The summed E-state index contributed by atoms with van der Waals surface area (Å²) in [4.78, 5) is 13.0. The standard InChI is InChI=1S/C17H19NO3S/c1-12-7-9-22-16(12)17(19)18-13-4-2-5-14(10-13)21-11-15-6-3-8-20-15/h2,4-5,7,9-10,15H,3,6,8,11H2,1H3,(H,18,19). The highest BCUT2D eigenvalue weighted by Crippen LogP contribution is 2.22. The van der Waals surface area contributed by atoms with Gasteiger partial charge in [-0.1, -0.05) is 6.07 Å². The molecule has 0 aliphatic carbocycles. The van der Waals surface area contributed by atoms with E-state index in [4.69, 9.17) is 9.47 Å². The average molecular weight is 317 g/mol. The maximum atomic E-state index is 12.2. The normalized spacial score (nSPS) is 17.4. The van der Waals surface area contributed by atoms with E-state index < -0.39 is 0 Å². The molecular weight excluding hydrogens is 298 g/mol. The van der Waals surface area contributed by atoms with Crippen molar-refractivity contribution in [3.8, 4) is 5.75 Å². The minimum Gasteiger partial charge on any atom is -0.491 e. The third-order valence-corrected chi connectivity index (χ3v) is 4.64. The Morgan fingerprint density at radius 2 is 2.36 bits per heavy atom. The molecule has 0 bridgehead atoms. The molecule has 1 amide bonds. The first-order valence-corrected chi connectivity index (χ1v) is 8.30. The van der Waals surface area contributed by atoms with Crippen LogP contribution in [0, 0.1) is 6.92 Å². The SMILES string of the molecule is Cc1ccsc1C(=O)Nc1cccc(OCC2CCCO2)c1. The second-order valence-electron chi connectivity index (χ2n) is 5.36. The molecule has 0 radical (unpaired) electrons. The number of thiophene rings is 1. The van der Waals surface area contributed by atoms with Crippen molar-refractivity contribution in [1.82, 2.24) is 0 Å². The molecule has 2 aromatic rings. The molecule has 1 aliphatic rings. The fraction of sp³-hybridized carbons (Fsp3) is 0.353. The molecule has 1 unspecified atom stereocenters. The smallest absolute Gasteiger partial charge is 0.265 e. The maximum absolute atomic E-state index is 12.2. The van der Waals surface area contributed by atoms with Gasteiger partial charge in [-0.15, -0.1) is 11.3 Å². The van der Waals surface area contributed by atoms with Crippen molar-refractivity contribution in [2.45, 2.75) is 25.9 Å². The van der Waals surface area contributed by atoms with E-state index in [1.54, 1.807) is 0 Å². The van der Waals surface area contributed by atoms with Gasteiger partial charge in [0.1, 0.15) is 12.4 Å². The van der Waals surface area contributed by atoms with Crippen LogP contribution in [0.15, 0.2) is 35.7 Å². The number of hydrogen-bond acceptors (Lipinski definition) is 4. The third-order valence-electron chi connectivity index (χ3n) is 3.62. The van der Waals surface area contributed by atoms with Crippen LogP contribution in [-0.4, -0.2) is 25.2 Å². The van der Waals surface area contributed by atoms with Crippen molar-refractivity contribution in [1.29, 1.82) is 0 Å². The number of ether oxygens (including phenoxy) is 2. The van der Waals surface area contributed by atoms with E-state index in [1.165, 1.54) is 11.3 Å². The summed E-state index contributed by atoms with van der Waals surface area (Å²) in [6.45, 7) is 3.32. The highest BCUT2D eigenvalue weighted by molar-refractivity contribution is 7.12. The van der Waals surface area contributed by atoms with Crippen LogP contribution in [0.1, 0.15) is 28.1 Å². The Balaban J connectivity index is 1.61. The van der Waals surface area contributed by atoms with Gasteiger partial charge in [0, 0.05) is 18.4 Å². The van der Waals surface area contributed by atoms with Gasteiger partial charge in [0.2, 0.25) is 0 Å². The van der Waals surface area contributed by atoms with E-state index in [1.807, 2.05) is 42.6 Å². The minimum atomic E-state index is -0.0798. The number of rotatable bonds is 5. The molecule has 1 fully saturated rings. The third kappa shape index (κ3) is 3.67. The Labute approximate surface area is 134 Å². The van der Waals surface area contributed by atoms with Crippen LogP contribution in [0.4, 0.5) is 5.69 Å². The van der Waals surface area contributed by atoms with Gasteiger partial charge < -0.3 is 14.8 Å². The molecule has 1 N–H and O–H groups in total. The lowest BCUT2D eigenvalue weighted by molar-refractivity contribution is 0.0680. The first kappa shape index (κ1) is 15.1. The fourth-order valence-electron chi connectivity index (χ4n) is 2.42. The predicted octanol–water partition coefficient (Wildman–Crippen LogP) is 3.87. The molecule has 0 spiro atoms. The van der Waals surface area contributed by atoms with Gasteiger partial charge in [-0.05, 0) is 48.9 Å². The summed E-state index contributed by atoms with van der Waals surface area (Å²) in [6.07, 6.45) is 2.34. The molecule has 22 heavy (non-hydrogen) atoms. The molecule has 2 heterocycles. The number of benzene rings is 1. The molecule has 5 heteroatoms. The van der Waals surface area contributed by atoms with Gasteiger partial charge >= 0.3 is 0 Å². The van der Waals surface area contributed by atoms with Crippen LogP contribution in [-0.2, 0) is 4.74 Å². The predicted molar refractivity (Wildman–Crippen MR) is 87.9 cm³/mol. The summed E-state index contributed by atoms with van der Waals surface area (Å²) in [7, 11) is 0. The van der Waals surface area contributed by atoms with Crippen LogP contribution < -0.4 is 10.1 Å². The van der Waals surface area contributed by atoms with Gasteiger partial charge in [0.15, 0.2) is 0 Å². The molecule has 1 aromatic carbocycles. The van der Waals surface area contributed by atoms with Gasteiger partial charge in [-0.25, -0.2) is 0 Å². The summed E-state index contributed by atoms with van der Waals surface area (Å²) < 4.78 is 11.3. The topological polar surface area (TPSA) is 47.6 Å². The van der Waals surface area contributed by atoms with E-state index in [9.17, 15) is 4.79 Å². The first-order chi connectivity index (χ1) is 10.7. The zero-order valence-corrected chi connectivity index (χ0v) is 13.3. The van der Waals surface area contributed by atoms with Crippen LogP contribution in [0.5, 0.6) is 5.75 Å². The Morgan fingerprint density at radius 3 is 3.09 bits per heavy atom. The van der Waals surface area contributed by atoms with E-state index in [2.05, 4.69) is 5.32 Å². The zero-order chi connectivity index (χ0) is 15.4. The Hall–Kier alpha value is -1.85. The lowest BCUT2D eigenvalue weighted by Gasteiger charge is -2.12. The van der Waals surface area contributed by atoms with E-state index >= 15 is 0 Å². The monoisotopic (exact) mass is 317 g/mol. The number of hydrogen-bond donors (Lipinski definition) is 1. The number of carbonyl (C=O) groups excluding carboxylic acids is 1. The average Bonchev–Trinajstić information content (AvgIpc) is 3.16. The molecule has 116 valence electrons. The van der Waals surface area contributed by atoms with Crippen molar-refractivity contribution in [3.05, 3.63) is 46.2 Å². The second kappa shape index (κ2) is 6.94. The van der Waals surface area contributed by atoms with Gasteiger partial charge in [0.25, 0.3) is 5.91 Å². The molecule has 1 atom stereocenters. The molecule has 1 saturated heterocycles. The number of carbonyl (C=O) groups is 1. The summed E-state index contributed by atoms with van der Waals surface area (Å²) in [6, 6.07) is 9.42. The van der Waals surface area contributed by atoms with Gasteiger partial charge in [-0.2, -0.15) is 0 Å². The van der Waals surface area contributed by atoms with Crippen LogP contribution in [0.3, 0.4) is 0 Å². The van der Waals surface area contributed by atoms with Crippen molar-refractivity contribution in [2.24, 2.45) is 0 Å². The largest absolute Gasteiger partial charge is 0.491 e. The van der Waals surface area contributed by atoms with E-state index in [0.717, 1.165) is 41.3 Å². The number of nitrogens with one attached hydrogen (secondary N) is 1. The second-order valence-corrected chi connectivity index (χ2v) is 6.28. The summed E-state index contributed by atoms with van der Waals surface area (Å²) >= 11 is 1.45. The highest BCUT2D eigenvalue weighted by atomic mass is 32.1. The molecule has 3 rings (SSSR count).